The van der Waals surface area contributed by atoms with Gasteiger partial charge >= 0.3 is 6.09 Å². The Morgan fingerprint density at radius 3 is 2.38 bits per heavy atom. The highest BCUT2D eigenvalue weighted by Crippen LogP contribution is 2.28. The van der Waals surface area contributed by atoms with E-state index in [0.29, 0.717) is 6.04 Å². The second-order valence-corrected chi connectivity index (χ2v) is 7.56. The van der Waals surface area contributed by atoms with Crippen molar-refractivity contribution in [3.8, 4) is 0 Å². The van der Waals surface area contributed by atoms with E-state index in [2.05, 4.69) is 10.2 Å². The highest BCUT2D eigenvalue weighted by Gasteiger charge is 2.31. The number of rotatable bonds is 3. The first kappa shape index (κ1) is 16.6. The first-order valence-electron chi connectivity index (χ1n) is 8.68. The molecule has 0 aromatic carbocycles. The van der Waals surface area contributed by atoms with Crippen LogP contribution in [0.5, 0.6) is 0 Å². The van der Waals surface area contributed by atoms with Crippen molar-refractivity contribution < 1.29 is 9.53 Å². The number of alkyl carbamates (subject to hydrolysis) is 1. The zero-order valence-electron chi connectivity index (χ0n) is 14.0. The van der Waals surface area contributed by atoms with Crippen molar-refractivity contribution in [3.63, 3.8) is 0 Å². The van der Waals surface area contributed by atoms with Crippen LogP contribution in [0.25, 0.3) is 0 Å². The van der Waals surface area contributed by atoms with Crippen LogP contribution in [-0.4, -0.2) is 41.8 Å². The van der Waals surface area contributed by atoms with Crippen LogP contribution in [0.4, 0.5) is 4.79 Å². The van der Waals surface area contributed by atoms with Gasteiger partial charge in [0.25, 0.3) is 0 Å². The number of amides is 1. The summed E-state index contributed by atoms with van der Waals surface area (Å²) >= 11 is 0. The fraction of sp³-hybridized carbons (Fsp3) is 0.941. The summed E-state index contributed by atoms with van der Waals surface area (Å²) in [6, 6.07) is 1.24. The Labute approximate surface area is 129 Å². The fourth-order valence-electron chi connectivity index (χ4n) is 3.66. The SMILES string of the molecule is CC(C)(C)OC(=O)NC[C@@H]1CCCN1C1CCCCCC1. The number of carbonyl (C=O) groups is 1. The third-order valence-electron chi connectivity index (χ3n) is 4.60. The minimum atomic E-state index is -0.416. The molecule has 0 unspecified atom stereocenters. The predicted octanol–water partition coefficient (Wildman–Crippen LogP) is 3.70. The van der Waals surface area contributed by atoms with Gasteiger partial charge in [0.05, 0.1) is 0 Å². The number of likely N-dealkylation sites (tertiary alicyclic amines) is 1. The quantitative estimate of drug-likeness (QED) is 0.807. The molecule has 1 aliphatic heterocycles. The maximum absolute atomic E-state index is 11.8. The Morgan fingerprint density at radius 2 is 1.76 bits per heavy atom. The molecule has 0 aromatic rings. The van der Waals surface area contributed by atoms with Crippen molar-refractivity contribution in [1.82, 2.24) is 10.2 Å². The molecule has 1 atom stereocenters. The molecule has 122 valence electrons. The lowest BCUT2D eigenvalue weighted by Gasteiger charge is -2.33. The van der Waals surface area contributed by atoms with Crippen molar-refractivity contribution in [1.29, 1.82) is 0 Å². The molecule has 0 spiro atoms. The molecule has 0 bridgehead atoms. The number of nitrogens with zero attached hydrogens (tertiary/aromatic N) is 1. The van der Waals surface area contributed by atoms with Gasteiger partial charge in [0.2, 0.25) is 0 Å². The van der Waals surface area contributed by atoms with Gasteiger partial charge in [-0.25, -0.2) is 4.79 Å². The van der Waals surface area contributed by atoms with Crippen molar-refractivity contribution in [2.45, 2.75) is 89.8 Å². The number of hydrogen-bond acceptors (Lipinski definition) is 3. The lowest BCUT2D eigenvalue weighted by molar-refractivity contribution is 0.0504. The molecule has 1 N–H and O–H groups in total. The van der Waals surface area contributed by atoms with Gasteiger partial charge in [-0.1, -0.05) is 25.7 Å². The van der Waals surface area contributed by atoms with Crippen LogP contribution in [-0.2, 0) is 4.74 Å². The van der Waals surface area contributed by atoms with E-state index in [4.69, 9.17) is 4.74 Å². The summed E-state index contributed by atoms with van der Waals surface area (Å²) in [5.41, 5.74) is -0.416. The average Bonchev–Trinajstić information content (AvgIpc) is 2.68. The van der Waals surface area contributed by atoms with Gasteiger partial charge < -0.3 is 10.1 Å². The van der Waals surface area contributed by atoms with E-state index in [1.807, 2.05) is 20.8 Å². The van der Waals surface area contributed by atoms with Crippen LogP contribution >= 0.6 is 0 Å². The highest BCUT2D eigenvalue weighted by atomic mass is 16.6. The first-order valence-corrected chi connectivity index (χ1v) is 8.68. The smallest absolute Gasteiger partial charge is 0.407 e. The summed E-state index contributed by atoms with van der Waals surface area (Å²) in [5, 5.41) is 2.96. The molecule has 1 aliphatic carbocycles. The van der Waals surface area contributed by atoms with Gasteiger partial charge in [-0.15, -0.1) is 0 Å². The number of ether oxygens (including phenoxy) is 1. The van der Waals surface area contributed by atoms with Crippen molar-refractivity contribution >= 4 is 6.09 Å². The summed E-state index contributed by atoms with van der Waals surface area (Å²) in [6.07, 6.45) is 10.4. The van der Waals surface area contributed by atoms with Gasteiger partial charge in [-0.3, -0.25) is 4.90 Å². The second-order valence-electron chi connectivity index (χ2n) is 7.56. The molecular formula is C17H32N2O2. The van der Waals surface area contributed by atoms with Gasteiger partial charge in [-0.05, 0) is 53.0 Å². The molecule has 21 heavy (non-hydrogen) atoms. The Kier molecular flexibility index (Phi) is 5.91. The Bertz CT molecular complexity index is 330. The Balaban J connectivity index is 1.80. The van der Waals surface area contributed by atoms with Crippen molar-refractivity contribution in [2.24, 2.45) is 0 Å². The van der Waals surface area contributed by atoms with Gasteiger partial charge in [-0.2, -0.15) is 0 Å². The molecule has 1 amide bonds. The minimum absolute atomic E-state index is 0.282. The van der Waals surface area contributed by atoms with Crippen LogP contribution < -0.4 is 5.32 Å². The van der Waals surface area contributed by atoms with Crippen LogP contribution in [0.3, 0.4) is 0 Å². The zero-order chi connectivity index (χ0) is 15.3. The second kappa shape index (κ2) is 7.48. The predicted molar refractivity (Wildman–Crippen MR) is 85.5 cm³/mol. The molecule has 0 aromatic heterocycles. The molecule has 2 aliphatic rings. The molecule has 4 nitrogen and oxygen atoms in total. The third kappa shape index (κ3) is 5.50. The molecule has 1 heterocycles. The molecule has 0 radical (unpaired) electrons. The monoisotopic (exact) mass is 296 g/mol. The summed E-state index contributed by atoms with van der Waals surface area (Å²) in [6.45, 7) is 7.64. The normalized spacial score (nSPS) is 25.6. The van der Waals surface area contributed by atoms with Crippen LogP contribution in [0, 0.1) is 0 Å². The maximum Gasteiger partial charge on any atom is 0.407 e. The third-order valence-corrected chi connectivity index (χ3v) is 4.60. The molecule has 1 saturated carbocycles. The summed E-state index contributed by atoms with van der Waals surface area (Å²) in [4.78, 5) is 14.5. The van der Waals surface area contributed by atoms with E-state index < -0.39 is 5.60 Å². The molecule has 1 saturated heterocycles. The Morgan fingerprint density at radius 1 is 1.10 bits per heavy atom. The lowest BCUT2D eigenvalue weighted by Crippen LogP contribution is -2.46. The maximum atomic E-state index is 11.8. The molecule has 2 fully saturated rings. The summed E-state index contributed by atoms with van der Waals surface area (Å²) in [5.74, 6) is 0. The molecule has 2 rings (SSSR count). The summed E-state index contributed by atoms with van der Waals surface area (Å²) in [7, 11) is 0. The number of carbonyl (C=O) groups excluding carboxylic acids is 1. The van der Waals surface area contributed by atoms with Gasteiger partial charge in [0, 0.05) is 18.6 Å². The van der Waals surface area contributed by atoms with Crippen LogP contribution in [0.2, 0.25) is 0 Å². The average molecular weight is 296 g/mol. The highest BCUT2D eigenvalue weighted by molar-refractivity contribution is 5.67. The van der Waals surface area contributed by atoms with Crippen LogP contribution in [0.15, 0.2) is 0 Å². The molecular weight excluding hydrogens is 264 g/mol. The van der Waals surface area contributed by atoms with E-state index in [9.17, 15) is 4.79 Å². The van der Waals surface area contributed by atoms with Crippen molar-refractivity contribution in [3.05, 3.63) is 0 Å². The Hall–Kier alpha value is -0.770. The standard InChI is InChI=1S/C17H32N2O2/c1-17(2,3)21-16(20)18-13-15-11-8-12-19(15)14-9-6-4-5-7-10-14/h14-15H,4-13H2,1-3H3,(H,18,20)/t15-/m0/s1. The van der Waals surface area contributed by atoms with E-state index >= 15 is 0 Å². The topological polar surface area (TPSA) is 41.6 Å². The van der Waals surface area contributed by atoms with Gasteiger partial charge in [0.15, 0.2) is 0 Å². The van der Waals surface area contributed by atoms with Crippen molar-refractivity contribution in [2.75, 3.05) is 13.1 Å². The van der Waals surface area contributed by atoms with E-state index in [1.54, 1.807) is 0 Å². The minimum Gasteiger partial charge on any atom is -0.444 e. The summed E-state index contributed by atoms with van der Waals surface area (Å²) < 4.78 is 5.33. The van der Waals surface area contributed by atoms with E-state index in [0.717, 1.165) is 12.6 Å². The van der Waals surface area contributed by atoms with Gasteiger partial charge in [0.1, 0.15) is 5.60 Å². The fourth-order valence-corrected chi connectivity index (χ4v) is 3.66. The number of nitrogens with one attached hydrogen (secondary N) is 1. The van der Waals surface area contributed by atoms with Crippen LogP contribution in [0.1, 0.15) is 72.1 Å². The zero-order valence-corrected chi connectivity index (χ0v) is 14.0. The molecule has 4 heteroatoms. The lowest BCUT2D eigenvalue weighted by atomic mass is 10.1. The number of hydrogen-bond donors (Lipinski definition) is 1. The largest absolute Gasteiger partial charge is 0.444 e. The van der Waals surface area contributed by atoms with E-state index in [-0.39, 0.29) is 6.09 Å². The van der Waals surface area contributed by atoms with E-state index in [1.165, 1.54) is 57.9 Å². The first-order chi connectivity index (χ1) is 9.96.